The summed E-state index contributed by atoms with van der Waals surface area (Å²) < 4.78 is 0. The molecule has 0 radical (unpaired) electrons. The van der Waals surface area contributed by atoms with Crippen LogP contribution in [-0.2, 0) is 17.8 Å². The number of hydrogen-bond acceptors (Lipinski definition) is 4. The number of carbonyl (C=O) groups excluding carboxylic acids is 1. The van der Waals surface area contributed by atoms with E-state index in [4.69, 9.17) is 5.73 Å². The van der Waals surface area contributed by atoms with E-state index >= 15 is 0 Å². The highest BCUT2D eigenvalue weighted by Crippen LogP contribution is 2.18. The molecule has 0 spiro atoms. The van der Waals surface area contributed by atoms with Crippen molar-refractivity contribution < 1.29 is 4.79 Å². The second kappa shape index (κ2) is 6.22. The van der Waals surface area contributed by atoms with Crippen LogP contribution in [0.2, 0.25) is 0 Å². The zero-order valence-electron chi connectivity index (χ0n) is 12.0. The third-order valence-corrected chi connectivity index (χ3v) is 3.39. The van der Waals surface area contributed by atoms with Gasteiger partial charge in [0.1, 0.15) is 0 Å². The average Bonchev–Trinajstić information content (AvgIpc) is 2.55. The zero-order chi connectivity index (χ0) is 15.4. The lowest BCUT2D eigenvalue weighted by Gasteiger charge is -2.07. The fraction of sp³-hybridized carbons (Fsp3) is 0.118. The van der Waals surface area contributed by atoms with Crippen molar-refractivity contribution in [2.75, 3.05) is 5.73 Å². The molecule has 2 heterocycles. The molecule has 0 aliphatic heterocycles. The third-order valence-electron chi connectivity index (χ3n) is 3.39. The minimum Gasteiger partial charge on any atom is -0.397 e. The van der Waals surface area contributed by atoms with E-state index in [1.165, 1.54) is 0 Å². The molecule has 0 aliphatic carbocycles. The maximum atomic E-state index is 12.0. The van der Waals surface area contributed by atoms with Gasteiger partial charge in [0, 0.05) is 24.3 Å². The van der Waals surface area contributed by atoms with Crippen LogP contribution in [0, 0.1) is 0 Å². The number of hydrogen-bond donors (Lipinski definition) is 2. The van der Waals surface area contributed by atoms with Crippen molar-refractivity contribution in [3.63, 3.8) is 0 Å². The summed E-state index contributed by atoms with van der Waals surface area (Å²) in [6.45, 7) is 0.483. The molecule has 1 amide bonds. The molecular formula is C17H16N4O. The van der Waals surface area contributed by atoms with Crippen molar-refractivity contribution in [1.29, 1.82) is 0 Å². The van der Waals surface area contributed by atoms with E-state index in [0.717, 1.165) is 16.5 Å². The molecule has 22 heavy (non-hydrogen) atoms. The first kappa shape index (κ1) is 14.0. The standard InChI is InChI=1S/C17H16N4O/c18-15-3-1-2-13-4-5-14(21-17(13)15)10-16(22)20-11-12-6-8-19-9-7-12/h1-9H,10-11,18H2,(H,20,22). The summed E-state index contributed by atoms with van der Waals surface area (Å²) in [6, 6.07) is 13.2. The summed E-state index contributed by atoms with van der Waals surface area (Å²) >= 11 is 0. The number of benzene rings is 1. The number of nitrogens with one attached hydrogen (secondary N) is 1. The van der Waals surface area contributed by atoms with Crippen LogP contribution < -0.4 is 11.1 Å². The van der Waals surface area contributed by atoms with E-state index in [1.807, 2.05) is 42.5 Å². The molecule has 110 valence electrons. The Balaban J connectivity index is 1.67. The lowest BCUT2D eigenvalue weighted by molar-refractivity contribution is -0.120. The highest BCUT2D eigenvalue weighted by molar-refractivity contribution is 5.89. The number of pyridine rings is 2. The number of fused-ring (bicyclic) bond motifs is 1. The van der Waals surface area contributed by atoms with Crippen molar-refractivity contribution in [3.05, 3.63) is 66.1 Å². The fourth-order valence-corrected chi connectivity index (χ4v) is 2.24. The third kappa shape index (κ3) is 3.20. The molecule has 0 atom stereocenters. The number of nitrogens with zero attached hydrogens (tertiary/aromatic N) is 2. The lowest BCUT2D eigenvalue weighted by atomic mass is 10.1. The van der Waals surface area contributed by atoms with Gasteiger partial charge in [-0.15, -0.1) is 0 Å². The van der Waals surface area contributed by atoms with E-state index in [-0.39, 0.29) is 12.3 Å². The average molecular weight is 292 g/mol. The predicted octanol–water partition coefficient (Wildman–Crippen LogP) is 2.07. The number of para-hydroxylation sites is 1. The Labute approximate surface area is 128 Å². The summed E-state index contributed by atoms with van der Waals surface area (Å²) in [5.74, 6) is -0.0711. The zero-order valence-corrected chi connectivity index (χ0v) is 12.0. The van der Waals surface area contributed by atoms with Crippen molar-refractivity contribution in [2.45, 2.75) is 13.0 Å². The summed E-state index contributed by atoms with van der Waals surface area (Å²) in [6.07, 6.45) is 3.64. The Kier molecular flexibility index (Phi) is 3.96. The van der Waals surface area contributed by atoms with E-state index in [2.05, 4.69) is 15.3 Å². The number of nitrogen functional groups attached to an aromatic ring is 1. The number of amides is 1. The highest BCUT2D eigenvalue weighted by atomic mass is 16.1. The molecule has 0 saturated heterocycles. The summed E-state index contributed by atoms with van der Waals surface area (Å²) in [7, 11) is 0. The Morgan fingerprint density at radius 1 is 1.09 bits per heavy atom. The van der Waals surface area contributed by atoms with Crippen LogP contribution in [0.15, 0.2) is 54.9 Å². The van der Waals surface area contributed by atoms with Crippen LogP contribution in [0.1, 0.15) is 11.3 Å². The van der Waals surface area contributed by atoms with E-state index in [1.54, 1.807) is 12.4 Å². The van der Waals surface area contributed by atoms with Crippen molar-refractivity contribution in [3.8, 4) is 0 Å². The Morgan fingerprint density at radius 3 is 2.73 bits per heavy atom. The van der Waals surface area contributed by atoms with Crippen molar-refractivity contribution in [2.24, 2.45) is 0 Å². The highest BCUT2D eigenvalue weighted by Gasteiger charge is 2.07. The van der Waals surface area contributed by atoms with Crippen LogP contribution in [-0.4, -0.2) is 15.9 Å². The first-order valence-corrected chi connectivity index (χ1v) is 7.02. The molecule has 0 fully saturated rings. The number of rotatable bonds is 4. The maximum Gasteiger partial charge on any atom is 0.226 e. The topological polar surface area (TPSA) is 80.9 Å². The quantitative estimate of drug-likeness (QED) is 0.721. The molecule has 0 unspecified atom stereocenters. The van der Waals surface area contributed by atoms with Gasteiger partial charge in [-0.05, 0) is 29.8 Å². The predicted molar refractivity (Wildman–Crippen MR) is 85.9 cm³/mol. The van der Waals surface area contributed by atoms with Gasteiger partial charge in [0.15, 0.2) is 0 Å². The molecule has 3 aromatic rings. The van der Waals surface area contributed by atoms with Crippen LogP contribution in [0.4, 0.5) is 5.69 Å². The first-order chi connectivity index (χ1) is 10.7. The molecule has 3 N–H and O–H groups in total. The Bertz CT molecular complexity index is 802. The van der Waals surface area contributed by atoms with E-state index in [9.17, 15) is 4.79 Å². The van der Waals surface area contributed by atoms with Crippen molar-refractivity contribution >= 4 is 22.5 Å². The molecule has 3 rings (SSSR count). The summed E-state index contributed by atoms with van der Waals surface area (Å²) in [5.41, 5.74) is 9.00. The molecule has 5 heteroatoms. The van der Waals surface area contributed by atoms with Gasteiger partial charge in [-0.2, -0.15) is 0 Å². The van der Waals surface area contributed by atoms with Gasteiger partial charge in [0.2, 0.25) is 5.91 Å². The van der Waals surface area contributed by atoms with Gasteiger partial charge in [-0.25, -0.2) is 0 Å². The van der Waals surface area contributed by atoms with Gasteiger partial charge in [-0.3, -0.25) is 14.8 Å². The molecule has 0 bridgehead atoms. The summed E-state index contributed by atoms with van der Waals surface area (Å²) in [5, 5.41) is 3.85. The normalized spacial score (nSPS) is 10.5. The molecule has 5 nitrogen and oxygen atoms in total. The molecule has 2 aromatic heterocycles. The fourth-order valence-electron chi connectivity index (χ4n) is 2.24. The Hall–Kier alpha value is -2.95. The van der Waals surface area contributed by atoms with Gasteiger partial charge in [-0.1, -0.05) is 18.2 Å². The van der Waals surface area contributed by atoms with Gasteiger partial charge in [0.25, 0.3) is 0 Å². The molecule has 0 saturated carbocycles. The van der Waals surface area contributed by atoms with Gasteiger partial charge < -0.3 is 11.1 Å². The largest absolute Gasteiger partial charge is 0.397 e. The second-order valence-electron chi connectivity index (χ2n) is 5.03. The molecule has 1 aromatic carbocycles. The SMILES string of the molecule is Nc1cccc2ccc(CC(=O)NCc3ccncc3)nc12. The number of nitrogens with two attached hydrogens (primary N) is 1. The van der Waals surface area contributed by atoms with Gasteiger partial charge >= 0.3 is 0 Å². The minimum atomic E-state index is -0.0711. The van der Waals surface area contributed by atoms with Crippen LogP contribution in [0.25, 0.3) is 10.9 Å². The first-order valence-electron chi connectivity index (χ1n) is 7.02. The smallest absolute Gasteiger partial charge is 0.226 e. The summed E-state index contributed by atoms with van der Waals surface area (Å²) in [4.78, 5) is 20.4. The second-order valence-corrected chi connectivity index (χ2v) is 5.03. The van der Waals surface area contributed by atoms with E-state index < -0.39 is 0 Å². The molecule has 0 aliphatic rings. The molecular weight excluding hydrogens is 276 g/mol. The lowest BCUT2D eigenvalue weighted by Crippen LogP contribution is -2.24. The van der Waals surface area contributed by atoms with Gasteiger partial charge in [0.05, 0.1) is 23.3 Å². The number of aromatic nitrogens is 2. The van der Waals surface area contributed by atoms with Crippen LogP contribution >= 0.6 is 0 Å². The van der Waals surface area contributed by atoms with Crippen LogP contribution in [0.5, 0.6) is 0 Å². The Morgan fingerprint density at radius 2 is 1.91 bits per heavy atom. The minimum absolute atomic E-state index is 0.0711. The van der Waals surface area contributed by atoms with Crippen molar-refractivity contribution in [1.82, 2.24) is 15.3 Å². The maximum absolute atomic E-state index is 12.0. The van der Waals surface area contributed by atoms with E-state index in [0.29, 0.717) is 17.9 Å². The number of carbonyl (C=O) groups is 1. The number of anilines is 1. The van der Waals surface area contributed by atoms with Crippen LogP contribution in [0.3, 0.4) is 0 Å². The monoisotopic (exact) mass is 292 g/mol.